The minimum absolute atomic E-state index is 0.235. The third kappa shape index (κ3) is 3.99. The third-order valence-electron chi connectivity index (χ3n) is 4.31. The van der Waals surface area contributed by atoms with Crippen molar-refractivity contribution in [3.05, 3.63) is 59.2 Å². The van der Waals surface area contributed by atoms with Gasteiger partial charge in [0.1, 0.15) is 17.4 Å². The fourth-order valence-electron chi connectivity index (χ4n) is 2.87. The topological polar surface area (TPSA) is 75.6 Å². The zero-order valence-corrected chi connectivity index (χ0v) is 14.0. The van der Waals surface area contributed by atoms with Crippen molar-refractivity contribution in [2.45, 2.75) is 19.3 Å². The highest BCUT2D eigenvalue weighted by Crippen LogP contribution is 2.49. The molecule has 0 saturated heterocycles. The molecular formula is C19H17F2NO4. The molecule has 2 aromatic rings. The molecule has 2 unspecified atom stereocenters. The number of amides is 1. The fraction of sp³-hybridized carbons (Fsp3) is 0.263. The van der Waals surface area contributed by atoms with Gasteiger partial charge in [0.25, 0.3) is 0 Å². The molecule has 0 aliphatic heterocycles. The predicted molar refractivity (Wildman–Crippen MR) is 90.1 cm³/mol. The Kier molecular flexibility index (Phi) is 4.88. The van der Waals surface area contributed by atoms with Gasteiger partial charge in [-0.05, 0) is 54.7 Å². The number of anilines is 1. The number of carboxylic acid groups (broad SMARTS) is 1. The lowest BCUT2D eigenvalue weighted by molar-refractivity contribution is -0.139. The van der Waals surface area contributed by atoms with Crippen molar-refractivity contribution in [3.8, 4) is 5.75 Å². The molecule has 2 atom stereocenters. The van der Waals surface area contributed by atoms with Gasteiger partial charge in [0, 0.05) is 17.7 Å². The fourth-order valence-corrected chi connectivity index (χ4v) is 2.87. The number of ether oxygens (including phenoxy) is 1. The first-order valence-corrected chi connectivity index (χ1v) is 8.06. The highest BCUT2D eigenvalue weighted by atomic mass is 19.1. The second kappa shape index (κ2) is 7.11. The van der Waals surface area contributed by atoms with Crippen LogP contribution >= 0.6 is 0 Å². The van der Waals surface area contributed by atoms with Crippen LogP contribution in [0, 0.1) is 24.5 Å². The Labute approximate surface area is 148 Å². The van der Waals surface area contributed by atoms with Gasteiger partial charge < -0.3 is 15.2 Å². The molecule has 0 radical (unpaired) electrons. The summed E-state index contributed by atoms with van der Waals surface area (Å²) in [5.74, 6) is -2.82. The minimum atomic E-state index is -1.08. The summed E-state index contributed by atoms with van der Waals surface area (Å²) in [6.07, 6.45) is 0.507. The van der Waals surface area contributed by atoms with E-state index in [1.807, 2.05) is 0 Å². The number of hydrogen-bond acceptors (Lipinski definition) is 3. The van der Waals surface area contributed by atoms with Gasteiger partial charge in [-0.1, -0.05) is 6.07 Å². The molecule has 0 bridgehead atoms. The second-order valence-corrected chi connectivity index (χ2v) is 6.26. The Morgan fingerprint density at radius 2 is 2.00 bits per heavy atom. The van der Waals surface area contributed by atoms with Crippen LogP contribution in [0.5, 0.6) is 5.75 Å². The SMILES string of the molecule is Cc1cc(OCC(=O)O)ccc1NC(=O)C1CC1c1ccc(F)cc1F. The van der Waals surface area contributed by atoms with Gasteiger partial charge in [-0.2, -0.15) is 0 Å². The van der Waals surface area contributed by atoms with Crippen LogP contribution in [-0.2, 0) is 9.59 Å². The van der Waals surface area contributed by atoms with Crippen LogP contribution in [-0.4, -0.2) is 23.6 Å². The van der Waals surface area contributed by atoms with Crippen molar-refractivity contribution in [1.29, 1.82) is 0 Å². The number of halogens is 2. The average molecular weight is 361 g/mol. The summed E-state index contributed by atoms with van der Waals surface area (Å²) in [6.45, 7) is 1.31. The normalized spacial score (nSPS) is 18.3. The van der Waals surface area contributed by atoms with E-state index in [1.165, 1.54) is 12.1 Å². The molecule has 5 nitrogen and oxygen atoms in total. The standard InChI is InChI=1S/C19H17F2NO4/c1-10-6-12(26-9-18(23)24)3-5-17(10)22-19(25)15-8-14(15)13-4-2-11(20)7-16(13)21/h2-7,14-15H,8-9H2,1H3,(H,22,25)(H,23,24). The lowest BCUT2D eigenvalue weighted by Gasteiger charge is -2.11. The van der Waals surface area contributed by atoms with E-state index < -0.39 is 24.2 Å². The highest BCUT2D eigenvalue weighted by molar-refractivity contribution is 5.96. The molecule has 2 N–H and O–H groups in total. The molecule has 1 saturated carbocycles. The van der Waals surface area contributed by atoms with Gasteiger partial charge in [-0.15, -0.1) is 0 Å². The van der Waals surface area contributed by atoms with Crippen LogP contribution in [0.15, 0.2) is 36.4 Å². The number of aryl methyl sites for hydroxylation is 1. The lowest BCUT2D eigenvalue weighted by Crippen LogP contribution is -2.15. The smallest absolute Gasteiger partial charge is 0.341 e. The summed E-state index contributed by atoms with van der Waals surface area (Å²) >= 11 is 0. The third-order valence-corrected chi connectivity index (χ3v) is 4.31. The largest absolute Gasteiger partial charge is 0.482 e. The van der Waals surface area contributed by atoms with Crippen LogP contribution < -0.4 is 10.1 Å². The van der Waals surface area contributed by atoms with E-state index in [-0.39, 0.29) is 17.7 Å². The Morgan fingerprint density at radius 1 is 1.23 bits per heavy atom. The number of rotatable bonds is 6. The van der Waals surface area contributed by atoms with E-state index in [0.717, 1.165) is 6.07 Å². The Balaban J connectivity index is 1.63. The Morgan fingerprint density at radius 3 is 2.65 bits per heavy atom. The molecule has 3 rings (SSSR count). The number of hydrogen-bond donors (Lipinski definition) is 2. The number of carbonyl (C=O) groups excluding carboxylic acids is 1. The van der Waals surface area contributed by atoms with Gasteiger partial charge >= 0.3 is 5.97 Å². The van der Waals surface area contributed by atoms with Crippen LogP contribution in [0.4, 0.5) is 14.5 Å². The maximum absolute atomic E-state index is 13.8. The first-order valence-electron chi connectivity index (χ1n) is 8.06. The summed E-state index contributed by atoms with van der Waals surface area (Å²) in [5.41, 5.74) is 1.63. The first-order chi connectivity index (χ1) is 12.3. The molecule has 2 aromatic carbocycles. The van der Waals surface area contributed by atoms with Crippen molar-refractivity contribution < 1.29 is 28.2 Å². The van der Waals surface area contributed by atoms with E-state index in [4.69, 9.17) is 9.84 Å². The number of benzene rings is 2. The number of carboxylic acids is 1. The second-order valence-electron chi connectivity index (χ2n) is 6.26. The van der Waals surface area contributed by atoms with Crippen LogP contribution in [0.25, 0.3) is 0 Å². The van der Waals surface area contributed by atoms with E-state index in [2.05, 4.69) is 5.32 Å². The molecule has 0 aromatic heterocycles. The van der Waals surface area contributed by atoms with Crippen molar-refractivity contribution in [3.63, 3.8) is 0 Å². The molecule has 0 heterocycles. The lowest BCUT2D eigenvalue weighted by atomic mass is 10.1. The molecule has 7 heteroatoms. The van der Waals surface area contributed by atoms with Crippen molar-refractivity contribution in [1.82, 2.24) is 0 Å². The number of aliphatic carboxylic acids is 1. The maximum Gasteiger partial charge on any atom is 0.341 e. The van der Waals surface area contributed by atoms with Gasteiger partial charge in [0.2, 0.25) is 5.91 Å². The van der Waals surface area contributed by atoms with Crippen LogP contribution in [0.1, 0.15) is 23.5 Å². The molecule has 1 fully saturated rings. The van der Waals surface area contributed by atoms with Gasteiger partial charge in [-0.3, -0.25) is 4.79 Å². The van der Waals surface area contributed by atoms with E-state index >= 15 is 0 Å². The quantitative estimate of drug-likeness (QED) is 0.826. The molecule has 0 spiro atoms. The zero-order valence-electron chi connectivity index (χ0n) is 14.0. The van der Waals surface area contributed by atoms with Crippen LogP contribution in [0.3, 0.4) is 0 Å². The number of nitrogens with one attached hydrogen (secondary N) is 1. The van der Waals surface area contributed by atoms with Gasteiger partial charge in [0.05, 0.1) is 0 Å². The zero-order chi connectivity index (χ0) is 18.8. The van der Waals surface area contributed by atoms with Crippen molar-refractivity contribution >= 4 is 17.6 Å². The first kappa shape index (κ1) is 17.8. The molecule has 1 aliphatic rings. The van der Waals surface area contributed by atoms with E-state index in [0.29, 0.717) is 29.0 Å². The molecule has 1 aliphatic carbocycles. The summed E-state index contributed by atoms with van der Waals surface area (Å²) in [6, 6.07) is 8.20. The Bertz CT molecular complexity index is 869. The maximum atomic E-state index is 13.8. The molecular weight excluding hydrogens is 344 g/mol. The molecule has 1 amide bonds. The Hall–Kier alpha value is -2.96. The average Bonchev–Trinajstić information content (AvgIpc) is 3.35. The van der Waals surface area contributed by atoms with Crippen molar-refractivity contribution in [2.24, 2.45) is 5.92 Å². The van der Waals surface area contributed by atoms with Crippen LogP contribution in [0.2, 0.25) is 0 Å². The van der Waals surface area contributed by atoms with E-state index in [1.54, 1.807) is 25.1 Å². The summed E-state index contributed by atoms with van der Waals surface area (Å²) in [5, 5.41) is 11.4. The molecule has 136 valence electrons. The van der Waals surface area contributed by atoms with Gasteiger partial charge in [0.15, 0.2) is 6.61 Å². The molecule has 26 heavy (non-hydrogen) atoms. The van der Waals surface area contributed by atoms with E-state index in [9.17, 15) is 18.4 Å². The summed E-state index contributed by atoms with van der Waals surface area (Å²) < 4.78 is 31.9. The highest BCUT2D eigenvalue weighted by Gasteiger charge is 2.45. The monoisotopic (exact) mass is 361 g/mol. The summed E-state index contributed by atoms with van der Waals surface area (Å²) in [7, 11) is 0. The summed E-state index contributed by atoms with van der Waals surface area (Å²) in [4.78, 5) is 22.9. The predicted octanol–water partition coefficient (Wildman–Crippen LogP) is 3.48. The van der Waals surface area contributed by atoms with Crippen molar-refractivity contribution in [2.75, 3.05) is 11.9 Å². The number of carbonyl (C=O) groups is 2. The minimum Gasteiger partial charge on any atom is -0.482 e. The van der Waals surface area contributed by atoms with Gasteiger partial charge in [-0.25, -0.2) is 13.6 Å².